The van der Waals surface area contributed by atoms with Crippen molar-refractivity contribution in [3.8, 4) is 17.2 Å². The van der Waals surface area contributed by atoms with Gasteiger partial charge in [-0.25, -0.2) is 0 Å². The summed E-state index contributed by atoms with van der Waals surface area (Å²) in [7, 11) is 1.64. The molecule has 0 aliphatic heterocycles. The summed E-state index contributed by atoms with van der Waals surface area (Å²) in [6.45, 7) is 6.66. The molecule has 8 heteroatoms. The summed E-state index contributed by atoms with van der Waals surface area (Å²) in [6, 6.07) is 32.0. The van der Waals surface area contributed by atoms with E-state index in [4.69, 9.17) is 18.9 Å². The van der Waals surface area contributed by atoms with Crippen LogP contribution in [0.5, 0.6) is 17.2 Å². The zero-order chi connectivity index (χ0) is 30.2. The lowest BCUT2D eigenvalue weighted by atomic mass is 9.97. The minimum atomic E-state index is -0.641. The van der Waals surface area contributed by atoms with Crippen molar-refractivity contribution in [3.63, 3.8) is 0 Å². The Kier molecular flexibility index (Phi) is 11.1. The van der Waals surface area contributed by atoms with Crippen LogP contribution in [-0.2, 0) is 16.0 Å². The molecule has 5 rings (SSSR count). The average molecular weight is 617 g/mol. The minimum absolute atomic E-state index is 0. The van der Waals surface area contributed by atoms with E-state index in [0.717, 1.165) is 27.4 Å². The number of halogens is 1. The van der Waals surface area contributed by atoms with Gasteiger partial charge in [0.05, 0.1) is 18.0 Å². The molecule has 0 spiro atoms. The number of carbonyl (C=O) groups excluding carboxylic acids is 1. The molecule has 1 aromatic heterocycles. The Balaban J connectivity index is 0.00000442. The lowest BCUT2D eigenvalue weighted by molar-refractivity contribution is -0.159. The van der Waals surface area contributed by atoms with Gasteiger partial charge in [0.15, 0.2) is 11.5 Å². The number of fused-ring (bicyclic) bond motifs is 3. The summed E-state index contributed by atoms with van der Waals surface area (Å²) in [5.41, 5.74) is 2.49. The van der Waals surface area contributed by atoms with Gasteiger partial charge in [0.25, 0.3) is 0 Å². The lowest BCUT2D eigenvalue weighted by Crippen LogP contribution is -2.42. The molecule has 232 valence electrons. The molecule has 0 amide bonds. The third-order valence-corrected chi connectivity index (χ3v) is 7.23. The van der Waals surface area contributed by atoms with Crippen LogP contribution < -0.4 is 19.5 Å². The highest BCUT2D eigenvalue weighted by molar-refractivity contribution is 6.09. The summed E-state index contributed by atoms with van der Waals surface area (Å²) in [5.74, 6) is 1.79. The van der Waals surface area contributed by atoms with Crippen LogP contribution in [0.3, 0.4) is 0 Å². The number of para-hydroxylation sites is 4. The number of aromatic nitrogens is 1. The fourth-order valence-electron chi connectivity index (χ4n) is 4.95. The number of nitrogens with one attached hydrogen (secondary N) is 2. The van der Waals surface area contributed by atoms with E-state index in [-0.39, 0.29) is 31.1 Å². The molecule has 0 aliphatic carbocycles. The average Bonchev–Trinajstić information content (AvgIpc) is 3.39. The van der Waals surface area contributed by atoms with Crippen LogP contribution in [-0.4, -0.2) is 50.0 Å². The normalized spacial score (nSPS) is 12.7. The van der Waals surface area contributed by atoms with Crippen molar-refractivity contribution in [2.75, 3.05) is 26.8 Å². The molecule has 0 aliphatic rings. The molecule has 2 N–H and O–H groups in total. The molecule has 0 fully saturated rings. The number of methoxy groups -OCH3 is 1. The van der Waals surface area contributed by atoms with Crippen LogP contribution in [0, 0.1) is 5.41 Å². The Morgan fingerprint density at radius 3 is 2.16 bits per heavy atom. The van der Waals surface area contributed by atoms with Crippen LogP contribution in [0.15, 0.2) is 97.1 Å². The Hall–Kier alpha value is -4.20. The molecule has 2 atom stereocenters. The zero-order valence-corrected chi connectivity index (χ0v) is 26.5. The van der Waals surface area contributed by atoms with Gasteiger partial charge in [-0.1, -0.05) is 72.8 Å². The number of hydrogen-bond donors (Lipinski definition) is 2. The van der Waals surface area contributed by atoms with Gasteiger partial charge < -0.3 is 29.2 Å². The predicted octanol–water partition coefficient (Wildman–Crippen LogP) is 7.37. The number of hydrogen-bond acceptors (Lipinski definition) is 6. The number of H-pyrrole nitrogens is 1. The summed E-state index contributed by atoms with van der Waals surface area (Å²) in [6.07, 6.45) is -0.0225. The predicted molar refractivity (Wildman–Crippen MR) is 178 cm³/mol. The number of esters is 1. The first-order chi connectivity index (χ1) is 20.8. The van der Waals surface area contributed by atoms with Crippen molar-refractivity contribution in [1.29, 1.82) is 0 Å². The first kappa shape index (κ1) is 32.7. The molecule has 4 aromatic carbocycles. The lowest BCUT2D eigenvalue weighted by Gasteiger charge is -2.25. The standard InChI is InChI=1S/C36H40N2O5.ClH/c1-36(2,3)35(39)43-27(24-41-33-20-12-16-29-28-15-8-9-17-30(28)38-34(29)33)23-37-22-26(21-25-13-6-5-7-14-25)42-32-19-11-10-18-31(32)40-4;/h5-20,26-27,37-38H,21-24H2,1-4H3;1H. The summed E-state index contributed by atoms with van der Waals surface area (Å²) < 4.78 is 24.2. The van der Waals surface area contributed by atoms with Gasteiger partial charge in [-0.15, -0.1) is 12.4 Å². The maximum atomic E-state index is 12.9. The number of ether oxygens (including phenoxy) is 4. The highest BCUT2D eigenvalue weighted by Gasteiger charge is 2.27. The van der Waals surface area contributed by atoms with Gasteiger partial charge in [-0.2, -0.15) is 0 Å². The molecule has 0 radical (unpaired) electrons. The Bertz CT molecular complexity index is 1650. The van der Waals surface area contributed by atoms with Crippen LogP contribution in [0.1, 0.15) is 26.3 Å². The van der Waals surface area contributed by atoms with E-state index in [1.165, 1.54) is 0 Å². The van der Waals surface area contributed by atoms with Crippen LogP contribution in [0.2, 0.25) is 0 Å². The Labute approximate surface area is 265 Å². The second kappa shape index (κ2) is 15.0. The van der Waals surface area contributed by atoms with Crippen molar-refractivity contribution < 1.29 is 23.7 Å². The van der Waals surface area contributed by atoms with E-state index in [2.05, 4.69) is 40.6 Å². The molecule has 0 saturated carbocycles. The molecule has 1 heterocycles. The number of rotatable bonds is 13. The van der Waals surface area contributed by atoms with Crippen LogP contribution >= 0.6 is 12.4 Å². The fraction of sp³-hybridized carbons (Fsp3) is 0.306. The van der Waals surface area contributed by atoms with Gasteiger partial charge in [0, 0.05) is 35.8 Å². The third-order valence-electron chi connectivity index (χ3n) is 7.23. The second-order valence-electron chi connectivity index (χ2n) is 11.7. The van der Waals surface area contributed by atoms with Crippen molar-refractivity contribution in [3.05, 3.63) is 103 Å². The highest BCUT2D eigenvalue weighted by Crippen LogP contribution is 2.32. The maximum Gasteiger partial charge on any atom is 0.311 e. The van der Waals surface area contributed by atoms with E-state index in [0.29, 0.717) is 36.8 Å². The van der Waals surface area contributed by atoms with Crippen molar-refractivity contribution in [2.24, 2.45) is 5.41 Å². The van der Waals surface area contributed by atoms with Crippen LogP contribution in [0.4, 0.5) is 0 Å². The molecule has 2 unspecified atom stereocenters. The molecular formula is C36H41ClN2O5. The number of benzene rings is 4. The molecule has 44 heavy (non-hydrogen) atoms. The third kappa shape index (κ3) is 8.24. The van der Waals surface area contributed by atoms with E-state index >= 15 is 0 Å². The molecule has 0 saturated heterocycles. The molecule has 7 nitrogen and oxygen atoms in total. The quantitative estimate of drug-likeness (QED) is 0.134. The smallest absolute Gasteiger partial charge is 0.311 e. The van der Waals surface area contributed by atoms with E-state index < -0.39 is 11.5 Å². The Morgan fingerprint density at radius 2 is 1.41 bits per heavy atom. The van der Waals surface area contributed by atoms with E-state index in [1.807, 2.05) is 87.5 Å². The summed E-state index contributed by atoms with van der Waals surface area (Å²) >= 11 is 0. The minimum Gasteiger partial charge on any atom is -0.493 e. The first-order valence-electron chi connectivity index (χ1n) is 14.7. The number of carbonyl (C=O) groups is 1. The van der Waals surface area contributed by atoms with E-state index in [1.54, 1.807) is 7.11 Å². The van der Waals surface area contributed by atoms with Gasteiger partial charge in [-0.3, -0.25) is 4.79 Å². The zero-order valence-electron chi connectivity index (χ0n) is 25.7. The first-order valence-corrected chi connectivity index (χ1v) is 14.7. The summed E-state index contributed by atoms with van der Waals surface area (Å²) in [4.78, 5) is 16.4. The van der Waals surface area contributed by atoms with Crippen molar-refractivity contribution >= 4 is 40.2 Å². The molecule has 0 bridgehead atoms. The van der Waals surface area contributed by atoms with Crippen LogP contribution in [0.25, 0.3) is 21.8 Å². The maximum absolute atomic E-state index is 12.9. The summed E-state index contributed by atoms with van der Waals surface area (Å²) in [5, 5.41) is 5.71. The van der Waals surface area contributed by atoms with Gasteiger partial charge >= 0.3 is 5.97 Å². The second-order valence-corrected chi connectivity index (χ2v) is 11.7. The molecular weight excluding hydrogens is 576 g/mol. The van der Waals surface area contributed by atoms with Gasteiger partial charge in [0.2, 0.25) is 0 Å². The number of aromatic amines is 1. The topological polar surface area (TPSA) is 81.8 Å². The monoisotopic (exact) mass is 616 g/mol. The highest BCUT2D eigenvalue weighted by atomic mass is 35.5. The Morgan fingerprint density at radius 1 is 0.773 bits per heavy atom. The van der Waals surface area contributed by atoms with Gasteiger partial charge in [0.1, 0.15) is 24.6 Å². The van der Waals surface area contributed by atoms with Gasteiger partial charge in [-0.05, 0) is 50.6 Å². The molecule has 5 aromatic rings. The van der Waals surface area contributed by atoms with Crippen molar-refractivity contribution in [1.82, 2.24) is 10.3 Å². The largest absolute Gasteiger partial charge is 0.493 e. The fourth-order valence-corrected chi connectivity index (χ4v) is 4.95. The van der Waals surface area contributed by atoms with Crippen molar-refractivity contribution in [2.45, 2.75) is 39.4 Å². The van der Waals surface area contributed by atoms with E-state index in [9.17, 15) is 4.79 Å². The SMILES string of the molecule is COc1ccccc1OC(CNCC(COc1cccc2c1[nH]c1ccccc12)OC(=O)C(C)(C)C)Cc1ccccc1.Cl.